The van der Waals surface area contributed by atoms with E-state index in [1.54, 1.807) is 0 Å². The molecule has 1 unspecified atom stereocenters. The molecule has 9 heteroatoms. The lowest BCUT2D eigenvalue weighted by atomic mass is 9.70. The van der Waals surface area contributed by atoms with Crippen LogP contribution >= 0.6 is 0 Å². The van der Waals surface area contributed by atoms with Gasteiger partial charge in [-0.1, -0.05) is 12.8 Å². The van der Waals surface area contributed by atoms with E-state index in [1.165, 1.54) is 6.42 Å². The molecule has 2 amide bonds. The second kappa shape index (κ2) is 10.6. The van der Waals surface area contributed by atoms with Crippen LogP contribution in [0.15, 0.2) is 0 Å². The molecule has 0 aromatic heterocycles. The number of likely N-dealkylation sites (N-methyl/N-ethyl adjacent to an activating group) is 1. The molecule has 4 spiro atoms. The first-order valence-corrected chi connectivity index (χ1v) is 18.0. The lowest BCUT2D eigenvalue weighted by molar-refractivity contribution is -0.206. The second-order valence-corrected chi connectivity index (χ2v) is 18.5. The van der Waals surface area contributed by atoms with E-state index in [2.05, 4.69) is 65.6 Å². The molecule has 0 aromatic carbocycles. The highest BCUT2D eigenvalue weighted by molar-refractivity contribution is 5.89. The Kier molecular flexibility index (Phi) is 7.94. The molecule has 0 aromatic rings. The van der Waals surface area contributed by atoms with Gasteiger partial charge in [0, 0.05) is 61.4 Å². The maximum atomic E-state index is 14.6. The molecule has 6 fully saturated rings. The fourth-order valence-electron chi connectivity index (χ4n) is 11.5. The Balaban J connectivity index is 1.23. The Morgan fingerprint density at radius 2 is 1.11 bits per heavy atom. The van der Waals surface area contributed by atoms with E-state index < -0.39 is 39.8 Å². The van der Waals surface area contributed by atoms with Crippen molar-refractivity contribution in [2.45, 2.75) is 196 Å². The smallest absolute Gasteiger partial charge is 0.257 e. The van der Waals surface area contributed by atoms with Gasteiger partial charge in [0.05, 0.1) is 12.6 Å². The molecular weight excluding hydrogens is 568 g/mol. The van der Waals surface area contributed by atoms with Crippen LogP contribution in [0.2, 0.25) is 0 Å². The molecule has 0 radical (unpaired) electrons. The quantitative estimate of drug-likeness (QED) is 0.447. The molecule has 2 aliphatic carbocycles. The van der Waals surface area contributed by atoms with E-state index in [0.717, 1.165) is 57.8 Å². The third-order valence-electron chi connectivity index (χ3n) is 12.3. The van der Waals surface area contributed by atoms with Crippen LogP contribution in [0.25, 0.3) is 0 Å². The lowest BCUT2D eigenvalue weighted by Gasteiger charge is -2.58. The number of aliphatic hydroxyl groups is 1. The van der Waals surface area contributed by atoms with E-state index in [9.17, 15) is 14.7 Å². The molecular formula is C36H62N4O5. The van der Waals surface area contributed by atoms with Gasteiger partial charge in [-0.05, 0) is 107 Å². The van der Waals surface area contributed by atoms with Crippen molar-refractivity contribution < 1.29 is 24.2 Å². The molecule has 45 heavy (non-hydrogen) atoms. The molecule has 1 atom stereocenters. The standard InChI is InChI=1S/C36H62N4O5/c1-29(2)22-33(23-30(3,4)37-29)28(43)39(36(45-33)18-14-11-15-19-36)20-26(41)21-40-31(5,6)24-34(25-32(40,7)8)27(42)38(9)35(44-34)16-12-10-13-17-35/h26,37,41H,10-25H2,1-9H3. The van der Waals surface area contributed by atoms with Gasteiger partial charge >= 0.3 is 0 Å². The van der Waals surface area contributed by atoms with Gasteiger partial charge in [0.15, 0.2) is 11.2 Å². The van der Waals surface area contributed by atoms with Gasteiger partial charge in [-0.25, -0.2) is 0 Å². The number of hydrogen-bond acceptors (Lipinski definition) is 7. The topological polar surface area (TPSA) is 94.6 Å². The van der Waals surface area contributed by atoms with Gasteiger partial charge in [-0.15, -0.1) is 0 Å². The van der Waals surface area contributed by atoms with Crippen LogP contribution in [-0.4, -0.2) is 103 Å². The Bertz CT molecular complexity index is 1150. The Labute approximate surface area is 272 Å². The van der Waals surface area contributed by atoms with Crippen LogP contribution in [-0.2, 0) is 19.1 Å². The highest BCUT2D eigenvalue weighted by Crippen LogP contribution is 2.55. The summed E-state index contributed by atoms with van der Waals surface area (Å²) in [5.74, 6) is 0.163. The first-order valence-electron chi connectivity index (χ1n) is 18.0. The summed E-state index contributed by atoms with van der Waals surface area (Å²) in [6, 6.07) is 0. The second-order valence-electron chi connectivity index (χ2n) is 18.5. The first kappa shape index (κ1) is 33.6. The maximum Gasteiger partial charge on any atom is 0.257 e. The van der Waals surface area contributed by atoms with E-state index >= 15 is 0 Å². The number of aliphatic hydroxyl groups excluding tert-OH is 1. The minimum Gasteiger partial charge on any atom is -0.390 e. The Hall–Kier alpha value is -1.26. The third kappa shape index (κ3) is 5.58. The van der Waals surface area contributed by atoms with Gasteiger partial charge in [-0.2, -0.15) is 0 Å². The molecule has 4 aliphatic heterocycles. The number of amides is 2. The average molecular weight is 631 g/mol. The summed E-state index contributed by atoms with van der Waals surface area (Å²) < 4.78 is 14.1. The van der Waals surface area contributed by atoms with E-state index in [-0.39, 0.29) is 29.4 Å². The van der Waals surface area contributed by atoms with E-state index in [1.807, 2.05) is 16.8 Å². The Morgan fingerprint density at radius 1 is 0.667 bits per heavy atom. The molecule has 2 saturated carbocycles. The molecule has 256 valence electrons. The number of likely N-dealkylation sites (tertiary alicyclic amines) is 1. The van der Waals surface area contributed by atoms with Crippen molar-refractivity contribution >= 4 is 11.8 Å². The van der Waals surface area contributed by atoms with Crippen LogP contribution in [0.4, 0.5) is 0 Å². The number of nitrogens with one attached hydrogen (secondary N) is 1. The number of β-amino-alcohol motifs (C(OH)–C–C–N with tert-alkyl or cyclic N) is 1. The van der Waals surface area contributed by atoms with Gasteiger partial charge in [0.25, 0.3) is 11.8 Å². The number of nitrogens with zero attached hydrogens (tertiary/aromatic N) is 3. The number of piperidine rings is 2. The van der Waals surface area contributed by atoms with Gasteiger partial charge in [-0.3, -0.25) is 14.5 Å². The van der Waals surface area contributed by atoms with Crippen molar-refractivity contribution in [2.75, 3.05) is 20.1 Å². The minimum absolute atomic E-state index is 0.0491. The van der Waals surface area contributed by atoms with Crippen LogP contribution in [0.1, 0.15) is 145 Å². The monoisotopic (exact) mass is 630 g/mol. The molecule has 2 N–H and O–H groups in total. The number of carbonyl (C=O) groups is 2. The summed E-state index contributed by atoms with van der Waals surface area (Å²) in [6.45, 7) is 18.1. The van der Waals surface area contributed by atoms with Crippen LogP contribution < -0.4 is 5.32 Å². The molecule has 9 nitrogen and oxygen atoms in total. The SMILES string of the molecule is CN1C(=O)C2(CC(C)(C)N(CC(O)CN3C(=O)C4(CC(C)(C)NC(C)(C)C4)OC34CCCCC4)C(C)(C)C2)OC12CCCCC2. The molecule has 0 bridgehead atoms. The predicted molar refractivity (Wildman–Crippen MR) is 174 cm³/mol. The first-order chi connectivity index (χ1) is 20.7. The minimum atomic E-state index is -0.882. The number of rotatable bonds is 4. The van der Waals surface area contributed by atoms with Crippen molar-refractivity contribution in [3.63, 3.8) is 0 Å². The summed E-state index contributed by atoms with van der Waals surface area (Å²) in [4.78, 5) is 34.8. The lowest BCUT2D eigenvalue weighted by Crippen LogP contribution is -2.69. The number of ether oxygens (including phenoxy) is 2. The van der Waals surface area contributed by atoms with Crippen molar-refractivity contribution in [3.8, 4) is 0 Å². The molecule has 4 heterocycles. The van der Waals surface area contributed by atoms with Crippen molar-refractivity contribution in [1.82, 2.24) is 20.0 Å². The summed E-state index contributed by atoms with van der Waals surface area (Å²) in [6.07, 6.45) is 11.7. The normalized spacial score (nSPS) is 33.0. The van der Waals surface area contributed by atoms with Crippen LogP contribution in [0.3, 0.4) is 0 Å². The third-order valence-corrected chi connectivity index (χ3v) is 12.3. The number of carbonyl (C=O) groups excluding carboxylic acids is 2. The highest BCUT2D eigenvalue weighted by Gasteiger charge is 2.67. The number of hydrogen-bond donors (Lipinski definition) is 2. The van der Waals surface area contributed by atoms with Crippen LogP contribution in [0, 0.1) is 0 Å². The van der Waals surface area contributed by atoms with Gasteiger partial charge in [0.2, 0.25) is 0 Å². The van der Waals surface area contributed by atoms with E-state index in [4.69, 9.17) is 9.47 Å². The summed E-state index contributed by atoms with van der Waals surface area (Å²) in [5.41, 5.74) is -4.18. The van der Waals surface area contributed by atoms with Gasteiger partial charge < -0.3 is 29.7 Å². The summed E-state index contributed by atoms with van der Waals surface area (Å²) in [5, 5.41) is 15.6. The molecule has 4 saturated heterocycles. The zero-order valence-corrected chi connectivity index (χ0v) is 29.8. The zero-order chi connectivity index (χ0) is 32.9. The Morgan fingerprint density at radius 3 is 1.62 bits per heavy atom. The summed E-state index contributed by atoms with van der Waals surface area (Å²) in [7, 11) is 1.94. The van der Waals surface area contributed by atoms with E-state index in [0.29, 0.717) is 32.2 Å². The van der Waals surface area contributed by atoms with Gasteiger partial charge in [0.1, 0.15) is 11.4 Å². The fourth-order valence-corrected chi connectivity index (χ4v) is 11.5. The maximum absolute atomic E-state index is 14.6. The van der Waals surface area contributed by atoms with Crippen molar-refractivity contribution in [2.24, 2.45) is 0 Å². The molecule has 6 rings (SSSR count). The average Bonchev–Trinajstić information content (AvgIpc) is 3.20. The van der Waals surface area contributed by atoms with Crippen molar-refractivity contribution in [3.05, 3.63) is 0 Å². The fraction of sp³-hybridized carbons (Fsp3) is 0.944. The summed E-state index contributed by atoms with van der Waals surface area (Å²) >= 11 is 0. The van der Waals surface area contributed by atoms with Crippen molar-refractivity contribution in [1.29, 1.82) is 0 Å². The largest absolute Gasteiger partial charge is 0.390 e. The van der Waals surface area contributed by atoms with Crippen LogP contribution in [0.5, 0.6) is 0 Å². The highest BCUT2D eigenvalue weighted by atomic mass is 16.6. The molecule has 6 aliphatic rings. The zero-order valence-electron chi connectivity index (χ0n) is 29.8. The predicted octanol–water partition coefficient (Wildman–Crippen LogP) is 5.09.